The summed E-state index contributed by atoms with van der Waals surface area (Å²) in [5.74, 6) is -0.0177. The van der Waals surface area contributed by atoms with Crippen LogP contribution in [0.15, 0.2) is 48.5 Å². The molecule has 3 nitrogen and oxygen atoms in total. The normalized spacial score (nSPS) is 9.48. The van der Waals surface area contributed by atoms with Gasteiger partial charge in [0.25, 0.3) is 0 Å². The first-order valence-corrected chi connectivity index (χ1v) is 7.27. The van der Waals surface area contributed by atoms with Crippen molar-refractivity contribution in [2.75, 3.05) is 11.1 Å². The fraction of sp³-hybridized carbons (Fsp3) is 0.278. The summed E-state index contributed by atoms with van der Waals surface area (Å²) in [5, 5.41) is 2.79. The molecule has 2 rings (SSSR count). The predicted molar refractivity (Wildman–Crippen MR) is 90.4 cm³/mol. The molecule has 2 aromatic rings. The molecule has 0 aliphatic heterocycles. The lowest BCUT2D eigenvalue weighted by Gasteiger charge is -2.06. The Balaban J connectivity index is 0.000000219. The van der Waals surface area contributed by atoms with E-state index >= 15 is 0 Å². The maximum atomic E-state index is 10.8. The molecule has 2 aromatic carbocycles. The highest BCUT2D eigenvalue weighted by Crippen LogP contribution is 2.14. The second-order valence-electron chi connectivity index (χ2n) is 4.74. The summed E-state index contributed by atoms with van der Waals surface area (Å²) in [6.45, 7) is 5.69. The van der Waals surface area contributed by atoms with E-state index in [0.717, 1.165) is 24.2 Å². The van der Waals surface area contributed by atoms with Crippen LogP contribution in [0.25, 0.3) is 0 Å². The molecule has 3 N–H and O–H groups in total. The van der Waals surface area contributed by atoms with E-state index in [4.69, 9.17) is 5.73 Å². The van der Waals surface area contributed by atoms with Crippen molar-refractivity contribution in [2.24, 2.45) is 0 Å². The van der Waals surface area contributed by atoms with Gasteiger partial charge in [-0.15, -0.1) is 0 Å². The Labute approximate surface area is 127 Å². The van der Waals surface area contributed by atoms with Gasteiger partial charge in [-0.1, -0.05) is 50.2 Å². The van der Waals surface area contributed by atoms with Gasteiger partial charge in [0.1, 0.15) is 0 Å². The van der Waals surface area contributed by atoms with E-state index in [1.54, 1.807) is 0 Å². The summed E-state index contributed by atoms with van der Waals surface area (Å²) in [7, 11) is 0. The number of hydrogen-bond acceptors (Lipinski definition) is 2. The molecule has 0 saturated carbocycles. The summed E-state index contributed by atoms with van der Waals surface area (Å²) in [6, 6.07) is 15.8. The Kier molecular flexibility index (Phi) is 7.02. The van der Waals surface area contributed by atoms with Gasteiger partial charge in [0.15, 0.2) is 0 Å². The van der Waals surface area contributed by atoms with Crippen molar-refractivity contribution in [3.8, 4) is 0 Å². The van der Waals surface area contributed by atoms with E-state index in [0.29, 0.717) is 0 Å². The number of carbonyl (C=O) groups excluding carboxylic acids is 1. The van der Waals surface area contributed by atoms with Gasteiger partial charge in [0.2, 0.25) is 5.91 Å². The van der Waals surface area contributed by atoms with Crippen molar-refractivity contribution in [1.29, 1.82) is 0 Å². The third-order valence-electron chi connectivity index (χ3n) is 3.14. The molecule has 0 bridgehead atoms. The summed E-state index contributed by atoms with van der Waals surface area (Å²) in [4.78, 5) is 10.8. The van der Waals surface area contributed by atoms with Crippen molar-refractivity contribution >= 4 is 17.3 Å². The van der Waals surface area contributed by atoms with Crippen LogP contribution >= 0.6 is 0 Å². The third-order valence-corrected chi connectivity index (χ3v) is 3.14. The highest BCUT2D eigenvalue weighted by atomic mass is 16.1. The lowest BCUT2D eigenvalue weighted by Crippen LogP contribution is -2.07. The van der Waals surface area contributed by atoms with E-state index < -0.39 is 0 Å². The largest absolute Gasteiger partial charge is 0.399 e. The number of benzene rings is 2. The van der Waals surface area contributed by atoms with Crippen molar-refractivity contribution in [1.82, 2.24) is 0 Å². The fourth-order valence-electron chi connectivity index (χ4n) is 2.00. The Bertz CT molecular complexity index is 579. The smallest absolute Gasteiger partial charge is 0.221 e. The van der Waals surface area contributed by atoms with Gasteiger partial charge < -0.3 is 11.1 Å². The van der Waals surface area contributed by atoms with Gasteiger partial charge in [-0.05, 0) is 36.1 Å². The van der Waals surface area contributed by atoms with Crippen LogP contribution in [0, 0.1) is 0 Å². The maximum Gasteiger partial charge on any atom is 0.221 e. The number of nitrogen functional groups attached to an aromatic ring is 1. The molecule has 1 amide bonds. The third kappa shape index (κ3) is 5.69. The van der Waals surface area contributed by atoms with Gasteiger partial charge >= 0.3 is 0 Å². The van der Waals surface area contributed by atoms with Crippen LogP contribution in [0.5, 0.6) is 0 Å². The zero-order valence-corrected chi connectivity index (χ0v) is 13.0. The molecule has 3 heteroatoms. The average Bonchev–Trinajstić information content (AvgIpc) is 2.48. The molecule has 0 atom stereocenters. The average molecular weight is 284 g/mol. The lowest BCUT2D eigenvalue weighted by atomic mass is 10.1. The summed E-state index contributed by atoms with van der Waals surface area (Å²) in [5.41, 5.74) is 9.87. The summed E-state index contributed by atoms with van der Waals surface area (Å²) >= 11 is 0. The molecule has 112 valence electrons. The SMILES string of the molecule is CCc1ccccc1N.CCc1ccccc1NC(C)=O. The van der Waals surface area contributed by atoms with Crippen molar-refractivity contribution in [3.05, 3.63) is 59.7 Å². The Hall–Kier alpha value is -2.29. The zero-order valence-electron chi connectivity index (χ0n) is 13.0. The van der Waals surface area contributed by atoms with E-state index in [2.05, 4.69) is 25.2 Å². The molecule has 0 unspecified atom stereocenters. The molecule has 21 heavy (non-hydrogen) atoms. The lowest BCUT2D eigenvalue weighted by molar-refractivity contribution is -0.114. The number of anilines is 2. The number of nitrogens with two attached hydrogens (primary N) is 1. The molecule has 0 radical (unpaired) electrons. The first-order chi connectivity index (χ1) is 10.1. The molecular formula is C18H24N2O. The van der Waals surface area contributed by atoms with E-state index in [1.165, 1.54) is 18.1 Å². The van der Waals surface area contributed by atoms with Gasteiger partial charge in [-0.2, -0.15) is 0 Å². The quantitative estimate of drug-likeness (QED) is 0.836. The Morgan fingerprint density at radius 1 is 0.952 bits per heavy atom. The standard InChI is InChI=1S/C10H13NO.C8H11N/c1-3-9-6-4-5-7-10(9)11-8(2)12;1-2-7-5-3-4-6-8(7)9/h4-7H,3H2,1-2H3,(H,11,12);3-6H,2,9H2,1H3. The molecule has 0 spiro atoms. The highest BCUT2D eigenvalue weighted by molar-refractivity contribution is 5.89. The Morgan fingerprint density at radius 2 is 1.48 bits per heavy atom. The second kappa shape index (κ2) is 8.80. The summed E-state index contributed by atoms with van der Waals surface area (Å²) in [6.07, 6.45) is 1.96. The molecule has 0 aromatic heterocycles. The van der Waals surface area contributed by atoms with Crippen LogP contribution in [-0.2, 0) is 17.6 Å². The maximum absolute atomic E-state index is 10.8. The molecular weight excluding hydrogens is 260 g/mol. The minimum Gasteiger partial charge on any atom is -0.399 e. The van der Waals surface area contributed by atoms with Gasteiger partial charge in [-0.25, -0.2) is 0 Å². The highest BCUT2D eigenvalue weighted by Gasteiger charge is 1.99. The van der Waals surface area contributed by atoms with Crippen LogP contribution in [0.1, 0.15) is 31.9 Å². The van der Waals surface area contributed by atoms with Gasteiger partial charge in [0.05, 0.1) is 0 Å². The molecule has 0 fully saturated rings. The Morgan fingerprint density at radius 3 is 1.95 bits per heavy atom. The first-order valence-electron chi connectivity index (χ1n) is 7.27. The van der Waals surface area contributed by atoms with Crippen LogP contribution in [0.3, 0.4) is 0 Å². The second-order valence-corrected chi connectivity index (χ2v) is 4.74. The number of rotatable bonds is 3. The molecule has 0 heterocycles. The van der Waals surface area contributed by atoms with Crippen LogP contribution in [-0.4, -0.2) is 5.91 Å². The topological polar surface area (TPSA) is 55.1 Å². The number of hydrogen-bond donors (Lipinski definition) is 2. The fourth-order valence-corrected chi connectivity index (χ4v) is 2.00. The monoisotopic (exact) mass is 284 g/mol. The number of para-hydroxylation sites is 2. The van der Waals surface area contributed by atoms with E-state index in [-0.39, 0.29) is 5.91 Å². The van der Waals surface area contributed by atoms with Crippen LogP contribution < -0.4 is 11.1 Å². The van der Waals surface area contributed by atoms with Crippen molar-refractivity contribution in [2.45, 2.75) is 33.6 Å². The van der Waals surface area contributed by atoms with Crippen LogP contribution in [0.4, 0.5) is 11.4 Å². The minimum absolute atomic E-state index is 0.0177. The number of amides is 1. The molecule has 0 aliphatic carbocycles. The first kappa shape index (κ1) is 16.8. The van der Waals surface area contributed by atoms with E-state index in [1.807, 2.05) is 42.5 Å². The molecule has 0 aliphatic rings. The zero-order chi connectivity index (χ0) is 15.7. The van der Waals surface area contributed by atoms with Crippen molar-refractivity contribution in [3.63, 3.8) is 0 Å². The minimum atomic E-state index is -0.0177. The number of aryl methyl sites for hydroxylation is 2. The van der Waals surface area contributed by atoms with Gasteiger partial charge in [0, 0.05) is 18.3 Å². The number of carbonyl (C=O) groups is 1. The molecule has 0 saturated heterocycles. The van der Waals surface area contributed by atoms with Gasteiger partial charge in [-0.3, -0.25) is 4.79 Å². The van der Waals surface area contributed by atoms with E-state index in [9.17, 15) is 4.79 Å². The number of nitrogens with one attached hydrogen (secondary N) is 1. The summed E-state index contributed by atoms with van der Waals surface area (Å²) < 4.78 is 0. The van der Waals surface area contributed by atoms with Crippen molar-refractivity contribution < 1.29 is 4.79 Å². The predicted octanol–water partition coefficient (Wildman–Crippen LogP) is 4.04. The van der Waals surface area contributed by atoms with Crippen LogP contribution in [0.2, 0.25) is 0 Å².